The highest BCUT2D eigenvalue weighted by Gasteiger charge is 2.21. The second-order valence-corrected chi connectivity index (χ2v) is 5.64. The van der Waals surface area contributed by atoms with Crippen LogP contribution in [-0.4, -0.2) is 25.6 Å². The first kappa shape index (κ1) is 18.8. The van der Waals surface area contributed by atoms with E-state index in [1.54, 1.807) is 6.92 Å². The number of aromatic carboxylic acids is 1. The Kier molecular flexibility index (Phi) is 4.69. The lowest BCUT2D eigenvalue weighted by Crippen LogP contribution is -2.27. The van der Waals surface area contributed by atoms with Gasteiger partial charge in [0.05, 0.1) is 10.9 Å². The standard InChI is InChI=1S/C16H13F2N5O5/c1-2-23-5-7(15(26)27)13(24)6-3-8(17)11(10(18)12(6)23)22-21-9-4-19-16(28)20-14(9)25/h3-5,21-22H,2H2,1H3,(H,26,27)(H2,19,20,25,28). The Balaban J connectivity index is 2.15. The van der Waals surface area contributed by atoms with Crippen LogP contribution in [0.2, 0.25) is 0 Å². The minimum atomic E-state index is -1.52. The number of hydrogen-bond acceptors (Lipinski definition) is 6. The largest absolute Gasteiger partial charge is 0.477 e. The quantitative estimate of drug-likeness (QED) is 0.403. The van der Waals surface area contributed by atoms with Crippen LogP contribution in [0.1, 0.15) is 17.3 Å². The topological polar surface area (TPSA) is 149 Å². The van der Waals surface area contributed by atoms with Crippen LogP contribution >= 0.6 is 0 Å². The van der Waals surface area contributed by atoms with Gasteiger partial charge in [-0.15, -0.1) is 0 Å². The zero-order chi connectivity index (χ0) is 20.6. The number of rotatable bonds is 5. The van der Waals surface area contributed by atoms with E-state index in [1.807, 2.05) is 4.98 Å². The second kappa shape index (κ2) is 6.98. The minimum absolute atomic E-state index is 0.103. The van der Waals surface area contributed by atoms with Gasteiger partial charge in [0.15, 0.2) is 11.6 Å². The normalized spacial score (nSPS) is 10.8. The summed E-state index contributed by atoms with van der Waals surface area (Å²) in [6, 6.07) is 0.709. The highest BCUT2D eigenvalue weighted by atomic mass is 19.1. The maximum absolute atomic E-state index is 15.0. The number of fused-ring (bicyclic) bond motifs is 1. The van der Waals surface area contributed by atoms with Crippen LogP contribution in [0.15, 0.2) is 32.8 Å². The summed E-state index contributed by atoms with van der Waals surface area (Å²) in [5.41, 5.74) is -0.0458. The molecule has 0 aliphatic rings. The molecule has 0 radical (unpaired) electrons. The van der Waals surface area contributed by atoms with Gasteiger partial charge in [0, 0.05) is 18.9 Å². The van der Waals surface area contributed by atoms with Gasteiger partial charge >= 0.3 is 11.7 Å². The van der Waals surface area contributed by atoms with Crippen molar-refractivity contribution >= 4 is 28.2 Å². The number of carboxylic acid groups (broad SMARTS) is 1. The number of hydrazine groups is 1. The molecule has 0 atom stereocenters. The van der Waals surface area contributed by atoms with Crippen molar-refractivity contribution in [1.82, 2.24) is 14.5 Å². The Hall–Kier alpha value is -3.96. The predicted molar refractivity (Wildman–Crippen MR) is 95.7 cm³/mol. The lowest BCUT2D eigenvalue weighted by atomic mass is 10.1. The second-order valence-electron chi connectivity index (χ2n) is 5.64. The summed E-state index contributed by atoms with van der Waals surface area (Å²) < 4.78 is 30.5. The number of H-pyrrole nitrogens is 2. The summed E-state index contributed by atoms with van der Waals surface area (Å²) in [6.45, 7) is 1.69. The Labute approximate surface area is 153 Å². The fraction of sp³-hybridized carbons (Fsp3) is 0.125. The van der Waals surface area contributed by atoms with E-state index < -0.39 is 50.9 Å². The van der Waals surface area contributed by atoms with Crippen LogP contribution in [-0.2, 0) is 6.54 Å². The average Bonchev–Trinajstić information content (AvgIpc) is 2.63. The van der Waals surface area contributed by atoms with Crippen molar-refractivity contribution in [2.45, 2.75) is 13.5 Å². The number of pyridine rings is 1. The molecule has 3 rings (SSSR count). The van der Waals surface area contributed by atoms with E-state index in [0.717, 1.165) is 17.0 Å². The van der Waals surface area contributed by atoms with Crippen molar-refractivity contribution in [3.05, 3.63) is 66.7 Å². The van der Waals surface area contributed by atoms with Gasteiger partial charge in [0.2, 0.25) is 5.43 Å². The van der Waals surface area contributed by atoms with Crippen molar-refractivity contribution in [2.24, 2.45) is 0 Å². The summed E-state index contributed by atoms with van der Waals surface area (Å²) in [4.78, 5) is 50.2. The number of halogens is 2. The van der Waals surface area contributed by atoms with Crippen LogP contribution in [0.4, 0.5) is 20.2 Å². The molecule has 0 unspecified atom stereocenters. The number of nitrogens with zero attached hydrogens (tertiary/aromatic N) is 1. The van der Waals surface area contributed by atoms with Crippen LogP contribution in [0, 0.1) is 11.6 Å². The first-order chi connectivity index (χ1) is 13.2. The van der Waals surface area contributed by atoms with Gasteiger partial charge in [0.1, 0.15) is 16.9 Å². The van der Waals surface area contributed by atoms with Gasteiger partial charge in [-0.25, -0.2) is 18.4 Å². The summed E-state index contributed by atoms with van der Waals surface area (Å²) in [6.07, 6.45) is 1.96. The smallest absolute Gasteiger partial charge is 0.341 e. The first-order valence-corrected chi connectivity index (χ1v) is 7.87. The molecule has 3 aromatic rings. The molecular weight excluding hydrogens is 380 g/mol. The molecule has 10 nitrogen and oxygen atoms in total. The lowest BCUT2D eigenvalue weighted by Gasteiger charge is -2.15. The van der Waals surface area contributed by atoms with Crippen molar-refractivity contribution in [3.8, 4) is 0 Å². The maximum Gasteiger partial charge on any atom is 0.341 e. The highest BCUT2D eigenvalue weighted by Crippen LogP contribution is 2.27. The van der Waals surface area contributed by atoms with E-state index in [-0.39, 0.29) is 17.7 Å². The third-order valence-electron chi connectivity index (χ3n) is 3.97. The fourth-order valence-electron chi connectivity index (χ4n) is 2.64. The summed E-state index contributed by atoms with van der Waals surface area (Å²) in [5.74, 6) is -3.88. The summed E-state index contributed by atoms with van der Waals surface area (Å²) in [7, 11) is 0. The van der Waals surface area contributed by atoms with Crippen LogP contribution in [0.3, 0.4) is 0 Å². The molecule has 0 saturated carbocycles. The van der Waals surface area contributed by atoms with E-state index in [4.69, 9.17) is 5.11 Å². The molecule has 0 spiro atoms. The summed E-state index contributed by atoms with van der Waals surface area (Å²) in [5, 5.41) is 8.67. The molecule has 0 fully saturated rings. The number of benzene rings is 1. The minimum Gasteiger partial charge on any atom is -0.477 e. The molecule has 0 saturated heterocycles. The van der Waals surface area contributed by atoms with E-state index in [9.17, 15) is 28.0 Å². The number of aromatic nitrogens is 3. The molecule has 2 heterocycles. The van der Waals surface area contributed by atoms with E-state index in [2.05, 4.69) is 15.8 Å². The van der Waals surface area contributed by atoms with Crippen molar-refractivity contribution in [1.29, 1.82) is 0 Å². The van der Waals surface area contributed by atoms with Crippen molar-refractivity contribution in [3.63, 3.8) is 0 Å². The van der Waals surface area contributed by atoms with Crippen LogP contribution in [0.5, 0.6) is 0 Å². The Morgan fingerprint density at radius 2 is 1.96 bits per heavy atom. The molecule has 2 aromatic heterocycles. The third-order valence-corrected chi connectivity index (χ3v) is 3.97. The van der Waals surface area contributed by atoms with E-state index >= 15 is 0 Å². The zero-order valence-corrected chi connectivity index (χ0v) is 14.2. The van der Waals surface area contributed by atoms with Gasteiger partial charge in [-0.3, -0.25) is 25.4 Å². The van der Waals surface area contributed by atoms with Gasteiger partial charge in [-0.2, -0.15) is 0 Å². The van der Waals surface area contributed by atoms with E-state index in [1.165, 1.54) is 0 Å². The van der Waals surface area contributed by atoms with Crippen LogP contribution in [0.25, 0.3) is 10.9 Å². The SMILES string of the molecule is CCn1cc(C(=O)O)c(=O)c2cc(F)c(NNc3c[nH]c(=O)[nH]c3=O)c(F)c21. The molecule has 146 valence electrons. The number of anilines is 2. The van der Waals surface area contributed by atoms with Gasteiger partial charge in [-0.05, 0) is 13.0 Å². The fourth-order valence-corrected chi connectivity index (χ4v) is 2.64. The Morgan fingerprint density at radius 1 is 1.25 bits per heavy atom. The monoisotopic (exact) mass is 393 g/mol. The van der Waals surface area contributed by atoms with Crippen molar-refractivity contribution < 1.29 is 18.7 Å². The molecule has 12 heteroatoms. The van der Waals surface area contributed by atoms with Crippen molar-refractivity contribution in [2.75, 3.05) is 10.9 Å². The molecule has 0 amide bonds. The zero-order valence-electron chi connectivity index (χ0n) is 14.2. The number of aryl methyl sites for hydroxylation is 1. The lowest BCUT2D eigenvalue weighted by molar-refractivity contribution is 0.0695. The van der Waals surface area contributed by atoms with Crippen LogP contribution < -0.4 is 27.5 Å². The molecule has 1 aromatic carbocycles. The molecule has 0 aliphatic heterocycles. The van der Waals surface area contributed by atoms with E-state index in [0.29, 0.717) is 6.07 Å². The molecule has 0 bridgehead atoms. The Bertz CT molecular complexity index is 1280. The number of aromatic amines is 2. The van der Waals surface area contributed by atoms with Gasteiger partial charge < -0.3 is 14.7 Å². The molecule has 5 N–H and O–H groups in total. The molecule has 0 aliphatic carbocycles. The Morgan fingerprint density at radius 3 is 2.57 bits per heavy atom. The average molecular weight is 393 g/mol. The first-order valence-electron chi connectivity index (χ1n) is 7.87. The summed E-state index contributed by atoms with van der Waals surface area (Å²) >= 11 is 0. The highest BCUT2D eigenvalue weighted by molar-refractivity contribution is 5.93. The van der Waals surface area contributed by atoms with Gasteiger partial charge in [0.25, 0.3) is 5.56 Å². The number of nitrogens with one attached hydrogen (secondary N) is 4. The number of carboxylic acids is 1. The number of hydrogen-bond donors (Lipinski definition) is 5. The molecular formula is C16H13F2N5O5. The predicted octanol–water partition coefficient (Wildman–Crippen LogP) is 0.813. The van der Waals surface area contributed by atoms with Gasteiger partial charge in [-0.1, -0.05) is 0 Å². The third kappa shape index (κ3) is 3.11. The maximum atomic E-state index is 15.0. The molecule has 28 heavy (non-hydrogen) atoms. The number of carbonyl (C=O) groups is 1.